The van der Waals surface area contributed by atoms with Gasteiger partial charge in [-0.25, -0.2) is 11.1 Å². The molecule has 7 nitrogen and oxygen atoms in total. The van der Waals surface area contributed by atoms with Crippen LogP contribution in [0.3, 0.4) is 0 Å². The van der Waals surface area contributed by atoms with Crippen molar-refractivity contribution in [3.63, 3.8) is 0 Å². The summed E-state index contributed by atoms with van der Waals surface area (Å²) in [6.45, 7) is 0.825. The maximum atomic E-state index is 10.2. The fourth-order valence-corrected chi connectivity index (χ4v) is 0.802. The van der Waals surface area contributed by atoms with Gasteiger partial charge in [0.2, 0.25) is 0 Å². The standard InChI is InChI=1S/C3H9N5O2/c4-3(8(9)10)6-1-2-7(3)5/h6H,1-2,4-5H2. The minimum atomic E-state index is -1.76. The number of nitrogens with one attached hydrogen (secondary N) is 1. The molecule has 1 aliphatic heterocycles. The van der Waals surface area contributed by atoms with Crippen molar-refractivity contribution in [1.82, 2.24) is 10.3 Å². The van der Waals surface area contributed by atoms with Gasteiger partial charge >= 0.3 is 5.91 Å². The second kappa shape index (κ2) is 2.13. The Kier molecular flexibility index (Phi) is 1.57. The summed E-state index contributed by atoms with van der Waals surface area (Å²) in [6, 6.07) is 0. The molecule has 0 aromatic heterocycles. The van der Waals surface area contributed by atoms with Crippen LogP contribution in [-0.2, 0) is 0 Å². The molecule has 1 saturated heterocycles. The summed E-state index contributed by atoms with van der Waals surface area (Å²) in [5, 5.41) is 13.7. The molecule has 0 spiro atoms. The summed E-state index contributed by atoms with van der Waals surface area (Å²) in [6.07, 6.45) is 0. The van der Waals surface area contributed by atoms with E-state index in [1.165, 1.54) is 0 Å². The summed E-state index contributed by atoms with van der Waals surface area (Å²) < 4.78 is 0. The van der Waals surface area contributed by atoms with Crippen molar-refractivity contribution in [3.05, 3.63) is 10.1 Å². The highest BCUT2D eigenvalue weighted by Gasteiger charge is 2.47. The predicted molar refractivity (Wildman–Crippen MR) is 32.8 cm³/mol. The molecule has 5 N–H and O–H groups in total. The first-order valence-corrected chi connectivity index (χ1v) is 2.78. The highest BCUT2D eigenvalue weighted by Crippen LogP contribution is 2.05. The van der Waals surface area contributed by atoms with Crippen molar-refractivity contribution in [2.24, 2.45) is 11.6 Å². The zero-order valence-corrected chi connectivity index (χ0v) is 5.28. The van der Waals surface area contributed by atoms with Gasteiger partial charge in [-0.1, -0.05) is 0 Å². The Balaban J connectivity index is 2.75. The van der Waals surface area contributed by atoms with Gasteiger partial charge in [0.15, 0.2) is 0 Å². The van der Waals surface area contributed by atoms with Gasteiger partial charge in [-0.3, -0.25) is 16.0 Å². The van der Waals surface area contributed by atoms with Crippen LogP contribution in [0.25, 0.3) is 0 Å². The van der Waals surface area contributed by atoms with Crippen molar-refractivity contribution in [2.75, 3.05) is 13.1 Å². The smallest absolute Gasteiger partial charge is 0.260 e. The van der Waals surface area contributed by atoms with E-state index in [9.17, 15) is 10.1 Å². The first-order chi connectivity index (χ1) is 4.57. The molecular weight excluding hydrogens is 138 g/mol. The van der Waals surface area contributed by atoms with Crippen LogP contribution in [0.15, 0.2) is 0 Å². The lowest BCUT2D eigenvalue weighted by Gasteiger charge is -2.20. The minimum absolute atomic E-state index is 0.386. The Labute approximate surface area is 57.1 Å². The summed E-state index contributed by atoms with van der Waals surface area (Å²) in [5.41, 5.74) is 5.24. The van der Waals surface area contributed by atoms with Gasteiger partial charge in [-0.2, -0.15) is 0 Å². The normalized spacial score (nSPS) is 34.6. The van der Waals surface area contributed by atoms with Crippen LogP contribution >= 0.6 is 0 Å². The number of hydrogen-bond acceptors (Lipinski definition) is 6. The topological polar surface area (TPSA) is 110 Å². The number of hydrogen-bond donors (Lipinski definition) is 3. The van der Waals surface area contributed by atoms with E-state index in [1.54, 1.807) is 0 Å². The lowest BCUT2D eigenvalue weighted by atomic mass is 10.7. The molecule has 0 saturated carbocycles. The van der Waals surface area contributed by atoms with E-state index in [1.807, 2.05) is 0 Å². The molecule has 1 heterocycles. The summed E-state index contributed by atoms with van der Waals surface area (Å²) in [7, 11) is 0. The molecular formula is C3H9N5O2. The first-order valence-electron chi connectivity index (χ1n) is 2.78. The Morgan fingerprint density at radius 3 is 2.60 bits per heavy atom. The number of nitrogens with zero attached hydrogens (tertiary/aromatic N) is 2. The number of nitro groups is 1. The van der Waals surface area contributed by atoms with Crippen molar-refractivity contribution >= 4 is 0 Å². The third-order valence-electron chi connectivity index (χ3n) is 1.45. The lowest BCUT2D eigenvalue weighted by molar-refractivity contribution is -0.603. The lowest BCUT2D eigenvalue weighted by Crippen LogP contribution is -2.67. The van der Waals surface area contributed by atoms with Gasteiger partial charge in [0, 0.05) is 13.1 Å². The van der Waals surface area contributed by atoms with Crippen molar-refractivity contribution in [1.29, 1.82) is 0 Å². The Morgan fingerprint density at radius 2 is 2.40 bits per heavy atom. The van der Waals surface area contributed by atoms with Gasteiger partial charge in [0.05, 0.1) is 4.92 Å². The van der Waals surface area contributed by atoms with Crippen molar-refractivity contribution in [2.45, 2.75) is 5.91 Å². The van der Waals surface area contributed by atoms with Gasteiger partial charge < -0.3 is 0 Å². The van der Waals surface area contributed by atoms with Crippen molar-refractivity contribution < 1.29 is 4.92 Å². The SMILES string of the molecule is NN1CCNC1(N)[N+](=O)[O-]. The monoisotopic (exact) mass is 147 g/mol. The van der Waals surface area contributed by atoms with E-state index in [4.69, 9.17) is 11.6 Å². The fraction of sp³-hybridized carbons (Fsp3) is 1.00. The third kappa shape index (κ3) is 0.847. The van der Waals surface area contributed by atoms with Crippen LogP contribution in [0, 0.1) is 10.1 Å². The molecule has 0 aliphatic carbocycles. The molecule has 7 heteroatoms. The van der Waals surface area contributed by atoms with Gasteiger partial charge in [-0.15, -0.1) is 5.01 Å². The molecule has 1 atom stereocenters. The molecule has 0 aromatic carbocycles. The molecule has 1 fully saturated rings. The van der Waals surface area contributed by atoms with Crippen molar-refractivity contribution in [3.8, 4) is 0 Å². The molecule has 10 heavy (non-hydrogen) atoms. The highest BCUT2D eigenvalue weighted by atomic mass is 16.6. The number of hydrazine groups is 1. The minimum Gasteiger partial charge on any atom is -0.260 e. The fourth-order valence-electron chi connectivity index (χ4n) is 0.802. The van der Waals surface area contributed by atoms with Crippen LogP contribution in [0.2, 0.25) is 0 Å². The van der Waals surface area contributed by atoms with Gasteiger partial charge in [-0.05, 0) is 0 Å². The van der Waals surface area contributed by atoms with Gasteiger partial charge in [0.1, 0.15) is 0 Å². The molecule has 0 aromatic rings. The Morgan fingerprint density at radius 1 is 1.80 bits per heavy atom. The molecule has 0 bridgehead atoms. The number of rotatable bonds is 1. The average molecular weight is 147 g/mol. The van der Waals surface area contributed by atoms with E-state index in [0.717, 1.165) is 5.01 Å². The van der Waals surface area contributed by atoms with Crippen LogP contribution in [-0.4, -0.2) is 28.9 Å². The molecule has 1 aliphatic rings. The summed E-state index contributed by atoms with van der Waals surface area (Å²) >= 11 is 0. The zero-order valence-electron chi connectivity index (χ0n) is 5.28. The molecule has 1 rings (SSSR count). The largest absolute Gasteiger partial charge is 0.407 e. The first kappa shape index (κ1) is 7.35. The van der Waals surface area contributed by atoms with E-state index in [0.29, 0.717) is 13.1 Å². The molecule has 0 amide bonds. The zero-order chi connectivity index (χ0) is 7.78. The molecule has 0 radical (unpaired) electrons. The van der Waals surface area contributed by atoms with Crippen LogP contribution < -0.4 is 16.9 Å². The van der Waals surface area contributed by atoms with E-state index in [2.05, 4.69) is 5.32 Å². The molecule has 1 unspecified atom stereocenters. The summed E-state index contributed by atoms with van der Waals surface area (Å²) in [4.78, 5) is 9.58. The average Bonchev–Trinajstić information content (AvgIpc) is 2.15. The quantitative estimate of drug-likeness (QED) is 0.165. The second-order valence-corrected chi connectivity index (χ2v) is 2.10. The van der Waals surface area contributed by atoms with Crippen LogP contribution in [0.1, 0.15) is 0 Å². The van der Waals surface area contributed by atoms with Gasteiger partial charge in [0.25, 0.3) is 0 Å². The van der Waals surface area contributed by atoms with E-state index in [-0.39, 0.29) is 0 Å². The predicted octanol–water partition coefficient (Wildman–Crippen LogP) is -2.39. The van der Waals surface area contributed by atoms with E-state index >= 15 is 0 Å². The molecule has 58 valence electrons. The second-order valence-electron chi connectivity index (χ2n) is 2.10. The van der Waals surface area contributed by atoms with Crippen LogP contribution in [0.4, 0.5) is 0 Å². The van der Waals surface area contributed by atoms with E-state index < -0.39 is 10.8 Å². The van der Waals surface area contributed by atoms with Crippen LogP contribution in [0.5, 0.6) is 0 Å². The third-order valence-corrected chi connectivity index (χ3v) is 1.45. The number of nitrogens with two attached hydrogens (primary N) is 2. The summed E-state index contributed by atoms with van der Waals surface area (Å²) in [5.74, 6) is 3.45. The highest BCUT2D eigenvalue weighted by molar-refractivity contribution is 4.75. The Bertz CT molecular complexity index is 161. The maximum Gasteiger partial charge on any atom is 0.407 e. The Hall–Kier alpha value is -0.760. The maximum absolute atomic E-state index is 10.2.